The van der Waals surface area contributed by atoms with Gasteiger partial charge < -0.3 is 4.90 Å². The Kier molecular flexibility index (Phi) is 3.70. The summed E-state index contributed by atoms with van der Waals surface area (Å²) >= 11 is 3.48. The molecule has 0 aromatic carbocycles. The summed E-state index contributed by atoms with van der Waals surface area (Å²) in [6, 6.07) is 0.536. The van der Waals surface area contributed by atoms with E-state index in [0.29, 0.717) is 11.9 Å². The number of halogens is 1. The van der Waals surface area contributed by atoms with Crippen molar-refractivity contribution in [2.24, 2.45) is 5.92 Å². The number of piperidine rings is 1. The topological polar surface area (TPSA) is 20.3 Å². The van der Waals surface area contributed by atoms with E-state index in [2.05, 4.69) is 27.8 Å². The molecule has 0 aromatic rings. The van der Waals surface area contributed by atoms with Crippen molar-refractivity contribution < 1.29 is 4.79 Å². The molecule has 1 amide bonds. The maximum atomic E-state index is 12.0. The first-order valence-corrected chi connectivity index (χ1v) is 7.04. The first-order chi connectivity index (χ1) is 7.18. The molecule has 2 rings (SSSR count). The Balaban J connectivity index is 1.94. The van der Waals surface area contributed by atoms with Gasteiger partial charge in [0, 0.05) is 12.6 Å². The van der Waals surface area contributed by atoms with Crippen molar-refractivity contribution >= 4 is 21.8 Å². The number of carbonyl (C=O) groups is 1. The summed E-state index contributed by atoms with van der Waals surface area (Å²) in [4.78, 5) is 14.2. The average molecular weight is 274 g/mol. The highest BCUT2D eigenvalue weighted by atomic mass is 79.9. The van der Waals surface area contributed by atoms with E-state index >= 15 is 0 Å². The molecule has 1 atom stereocenters. The lowest BCUT2D eigenvalue weighted by Gasteiger charge is -2.39. The number of amides is 1. The van der Waals surface area contributed by atoms with E-state index in [1.165, 1.54) is 25.7 Å². The Morgan fingerprint density at radius 1 is 1.20 bits per heavy atom. The van der Waals surface area contributed by atoms with E-state index in [9.17, 15) is 4.79 Å². The Bertz CT molecular complexity index is 236. The number of hydrogen-bond donors (Lipinski definition) is 0. The van der Waals surface area contributed by atoms with Gasteiger partial charge in [0.15, 0.2) is 0 Å². The first kappa shape index (κ1) is 11.4. The Labute approximate surface area is 101 Å². The maximum Gasteiger partial charge on any atom is 0.236 e. The molecule has 0 N–H and O–H groups in total. The van der Waals surface area contributed by atoms with Crippen LogP contribution in [0.4, 0.5) is 0 Å². The summed E-state index contributed by atoms with van der Waals surface area (Å²) in [5.41, 5.74) is 0. The summed E-state index contributed by atoms with van der Waals surface area (Å²) < 4.78 is 0. The number of alkyl halides is 1. The van der Waals surface area contributed by atoms with Gasteiger partial charge >= 0.3 is 0 Å². The fraction of sp³-hybridized carbons (Fsp3) is 0.917. The van der Waals surface area contributed by atoms with Crippen LogP contribution in [-0.2, 0) is 4.79 Å². The van der Waals surface area contributed by atoms with Crippen molar-refractivity contribution in [3.05, 3.63) is 0 Å². The second kappa shape index (κ2) is 4.86. The second-order valence-electron chi connectivity index (χ2n) is 5.06. The molecule has 15 heavy (non-hydrogen) atoms. The summed E-state index contributed by atoms with van der Waals surface area (Å²) in [5.74, 6) is 1.20. The van der Waals surface area contributed by atoms with E-state index in [1.807, 2.05) is 0 Å². The molecular formula is C12H20BrNO. The fourth-order valence-corrected chi connectivity index (χ4v) is 3.36. The third-order valence-electron chi connectivity index (χ3n) is 3.83. The molecule has 1 heterocycles. The summed E-state index contributed by atoms with van der Waals surface area (Å²) in [6.07, 6.45) is 7.19. The smallest absolute Gasteiger partial charge is 0.236 e. The molecule has 0 radical (unpaired) electrons. The predicted molar refractivity (Wildman–Crippen MR) is 65.1 cm³/mol. The highest BCUT2D eigenvalue weighted by molar-refractivity contribution is 9.10. The Morgan fingerprint density at radius 3 is 2.53 bits per heavy atom. The minimum absolute atomic E-state index is 0.0885. The van der Waals surface area contributed by atoms with Crippen LogP contribution in [0, 0.1) is 5.92 Å². The lowest BCUT2D eigenvalue weighted by atomic mass is 9.86. The molecule has 1 aliphatic heterocycles. The van der Waals surface area contributed by atoms with Gasteiger partial charge in [-0.15, -0.1) is 0 Å². The first-order valence-electron chi connectivity index (χ1n) is 6.13. The van der Waals surface area contributed by atoms with E-state index in [-0.39, 0.29) is 4.83 Å². The van der Waals surface area contributed by atoms with Gasteiger partial charge in [0.1, 0.15) is 0 Å². The van der Waals surface area contributed by atoms with Crippen LogP contribution in [-0.4, -0.2) is 28.2 Å². The summed E-state index contributed by atoms with van der Waals surface area (Å²) in [5, 5.41) is 0. The molecule has 1 saturated heterocycles. The van der Waals surface area contributed by atoms with Crippen molar-refractivity contribution in [3.8, 4) is 0 Å². The molecule has 1 aliphatic carbocycles. The molecule has 0 spiro atoms. The second-order valence-corrected chi connectivity index (χ2v) is 6.16. The van der Waals surface area contributed by atoms with Crippen LogP contribution in [0.15, 0.2) is 0 Å². The number of hydrogen-bond acceptors (Lipinski definition) is 1. The average Bonchev–Trinajstić information content (AvgIpc) is 2.24. The van der Waals surface area contributed by atoms with Gasteiger partial charge in [0.2, 0.25) is 5.91 Å². The zero-order chi connectivity index (χ0) is 10.8. The molecule has 2 aliphatic rings. The van der Waals surface area contributed by atoms with Gasteiger partial charge in [-0.1, -0.05) is 22.9 Å². The molecule has 2 nitrogen and oxygen atoms in total. The molecule has 1 unspecified atom stereocenters. The monoisotopic (exact) mass is 273 g/mol. The van der Waals surface area contributed by atoms with Gasteiger partial charge in [0.05, 0.1) is 4.83 Å². The van der Waals surface area contributed by atoms with E-state index < -0.39 is 0 Å². The standard InChI is InChI=1S/C12H20BrNO/c1-9-4-6-10(7-5-9)14-8-2-3-11(13)12(14)15/h9-11H,2-8H2,1H3. The zero-order valence-corrected chi connectivity index (χ0v) is 11.0. The fourth-order valence-electron chi connectivity index (χ4n) is 2.77. The lowest BCUT2D eigenvalue weighted by Crippen LogP contribution is -2.48. The number of carbonyl (C=O) groups excluding carboxylic acids is 1. The molecule has 3 heteroatoms. The molecule has 2 fully saturated rings. The van der Waals surface area contributed by atoms with Crippen molar-refractivity contribution in [2.75, 3.05) is 6.54 Å². The van der Waals surface area contributed by atoms with Crippen molar-refractivity contribution in [3.63, 3.8) is 0 Å². The SMILES string of the molecule is CC1CCC(N2CCCC(Br)C2=O)CC1. The molecule has 86 valence electrons. The van der Waals surface area contributed by atoms with Crippen LogP contribution < -0.4 is 0 Å². The van der Waals surface area contributed by atoms with Crippen LogP contribution in [0.5, 0.6) is 0 Å². The molecular weight excluding hydrogens is 254 g/mol. The van der Waals surface area contributed by atoms with E-state index in [4.69, 9.17) is 0 Å². The summed E-state index contributed by atoms with van der Waals surface area (Å²) in [7, 11) is 0. The van der Waals surface area contributed by atoms with Gasteiger partial charge in [-0.2, -0.15) is 0 Å². The third-order valence-corrected chi connectivity index (χ3v) is 4.68. The summed E-state index contributed by atoms with van der Waals surface area (Å²) in [6.45, 7) is 3.31. The largest absolute Gasteiger partial charge is 0.339 e. The van der Waals surface area contributed by atoms with Crippen molar-refractivity contribution in [2.45, 2.75) is 56.3 Å². The zero-order valence-electron chi connectivity index (χ0n) is 9.42. The van der Waals surface area contributed by atoms with Crippen LogP contribution >= 0.6 is 15.9 Å². The number of nitrogens with zero attached hydrogens (tertiary/aromatic N) is 1. The van der Waals surface area contributed by atoms with Crippen LogP contribution in [0.25, 0.3) is 0 Å². The quantitative estimate of drug-likeness (QED) is 0.673. The normalized spacial score (nSPS) is 38.1. The van der Waals surface area contributed by atoms with Gasteiger partial charge in [-0.05, 0) is 44.4 Å². The van der Waals surface area contributed by atoms with E-state index in [0.717, 1.165) is 25.3 Å². The third kappa shape index (κ3) is 2.55. The van der Waals surface area contributed by atoms with Crippen molar-refractivity contribution in [1.29, 1.82) is 0 Å². The van der Waals surface area contributed by atoms with Gasteiger partial charge in [-0.3, -0.25) is 4.79 Å². The minimum Gasteiger partial charge on any atom is -0.339 e. The highest BCUT2D eigenvalue weighted by Gasteiger charge is 2.33. The van der Waals surface area contributed by atoms with E-state index in [1.54, 1.807) is 0 Å². The van der Waals surface area contributed by atoms with Crippen molar-refractivity contribution in [1.82, 2.24) is 4.90 Å². The van der Waals surface area contributed by atoms with Crippen LogP contribution in [0.3, 0.4) is 0 Å². The molecule has 0 bridgehead atoms. The predicted octanol–water partition coefficient (Wildman–Crippen LogP) is 2.95. The van der Waals surface area contributed by atoms with Gasteiger partial charge in [0.25, 0.3) is 0 Å². The van der Waals surface area contributed by atoms with Crippen LogP contribution in [0.1, 0.15) is 45.4 Å². The lowest BCUT2D eigenvalue weighted by molar-refractivity contribution is -0.135. The molecule has 1 saturated carbocycles. The molecule has 0 aromatic heterocycles. The Morgan fingerprint density at radius 2 is 1.87 bits per heavy atom. The van der Waals surface area contributed by atoms with Gasteiger partial charge in [-0.25, -0.2) is 0 Å². The Hall–Kier alpha value is -0.0500. The maximum absolute atomic E-state index is 12.0. The minimum atomic E-state index is 0.0885. The van der Waals surface area contributed by atoms with Crippen LogP contribution in [0.2, 0.25) is 0 Å². The number of rotatable bonds is 1. The highest BCUT2D eigenvalue weighted by Crippen LogP contribution is 2.30. The number of likely N-dealkylation sites (tertiary alicyclic amines) is 1.